The van der Waals surface area contributed by atoms with Gasteiger partial charge in [0, 0.05) is 11.9 Å². The molecule has 0 radical (unpaired) electrons. The number of aromatic nitrogens is 2. The molecule has 2 aromatic heterocycles. The maximum absolute atomic E-state index is 11.8. The average Bonchev–Trinajstić information content (AvgIpc) is 2.41. The van der Waals surface area contributed by atoms with Gasteiger partial charge in [0.15, 0.2) is 0 Å². The standard InChI is InChI=1S/C10H12N2OS/c1-5-7(3)14-10-8(5)9(13)6(2)11-12(10)4/h1-4H3. The van der Waals surface area contributed by atoms with Crippen LogP contribution in [0.15, 0.2) is 4.79 Å². The van der Waals surface area contributed by atoms with Gasteiger partial charge >= 0.3 is 0 Å². The highest BCUT2D eigenvalue weighted by Crippen LogP contribution is 2.26. The van der Waals surface area contributed by atoms with Gasteiger partial charge in [0.25, 0.3) is 0 Å². The first-order chi connectivity index (χ1) is 6.52. The number of hydrogen-bond donors (Lipinski definition) is 0. The Morgan fingerprint density at radius 3 is 2.57 bits per heavy atom. The molecule has 0 atom stereocenters. The summed E-state index contributed by atoms with van der Waals surface area (Å²) >= 11 is 1.63. The molecule has 2 heterocycles. The van der Waals surface area contributed by atoms with Crippen LogP contribution in [0.3, 0.4) is 0 Å². The van der Waals surface area contributed by atoms with Crippen LogP contribution in [0.25, 0.3) is 10.2 Å². The van der Waals surface area contributed by atoms with E-state index in [-0.39, 0.29) is 5.43 Å². The summed E-state index contributed by atoms with van der Waals surface area (Å²) in [4.78, 5) is 14.0. The van der Waals surface area contributed by atoms with Gasteiger partial charge in [-0.2, -0.15) is 5.10 Å². The lowest BCUT2D eigenvalue weighted by atomic mass is 10.2. The SMILES string of the molecule is Cc1sc2c(c1C)c(=O)c(C)nn2C. The zero-order chi connectivity index (χ0) is 10.5. The van der Waals surface area contributed by atoms with Crippen molar-refractivity contribution in [2.24, 2.45) is 7.05 Å². The quantitative estimate of drug-likeness (QED) is 0.663. The van der Waals surface area contributed by atoms with Crippen LogP contribution in [0.2, 0.25) is 0 Å². The summed E-state index contributed by atoms with van der Waals surface area (Å²) < 4.78 is 1.79. The van der Waals surface area contributed by atoms with E-state index >= 15 is 0 Å². The van der Waals surface area contributed by atoms with Gasteiger partial charge in [-0.15, -0.1) is 11.3 Å². The van der Waals surface area contributed by atoms with Gasteiger partial charge in [0.2, 0.25) is 5.43 Å². The lowest BCUT2D eigenvalue weighted by Gasteiger charge is -2.00. The van der Waals surface area contributed by atoms with E-state index in [1.165, 1.54) is 4.88 Å². The van der Waals surface area contributed by atoms with E-state index in [0.717, 1.165) is 15.8 Å². The lowest BCUT2D eigenvalue weighted by molar-refractivity contribution is 0.760. The zero-order valence-electron chi connectivity index (χ0n) is 8.71. The van der Waals surface area contributed by atoms with Crippen LogP contribution < -0.4 is 5.43 Å². The highest BCUT2D eigenvalue weighted by atomic mass is 32.1. The van der Waals surface area contributed by atoms with Crippen LogP contribution in [-0.2, 0) is 7.05 Å². The minimum absolute atomic E-state index is 0.0694. The topological polar surface area (TPSA) is 34.9 Å². The smallest absolute Gasteiger partial charge is 0.212 e. The van der Waals surface area contributed by atoms with Gasteiger partial charge in [-0.3, -0.25) is 9.48 Å². The maximum Gasteiger partial charge on any atom is 0.212 e. The minimum Gasteiger partial charge on any atom is -0.287 e. The summed E-state index contributed by atoms with van der Waals surface area (Å²) in [5, 5.41) is 5.01. The molecule has 0 aromatic carbocycles. The molecule has 0 N–H and O–H groups in total. The molecular formula is C10H12N2OS. The lowest BCUT2D eigenvalue weighted by Crippen LogP contribution is -2.13. The monoisotopic (exact) mass is 208 g/mol. The van der Waals surface area contributed by atoms with Crippen molar-refractivity contribution in [1.82, 2.24) is 9.78 Å². The molecule has 0 amide bonds. The normalized spacial score (nSPS) is 11.1. The van der Waals surface area contributed by atoms with Crippen molar-refractivity contribution in [2.45, 2.75) is 20.8 Å². The molecule has 2 rings (SSSR count). The third-order valence-corrected chi connectivity index (χ3v) is 3.79. The predicted molar refractivity (Wildman–Crippen MR) is 59.1 cm³/mol. The van der Waals surface area contributed by atoms with Crippen molar-refractivity contribution in [2.75, 3.05) is 0 Å². The van der Waals surface area contributed by atoms with Crippen LogP contribution >= 0.6 is 11.3 Å². The van der Waals surface area contributed by atoms with Crippen LogP contribution in [0.5, 0.6) is 0 Å². The highest BCUT2D eigenvalue weighted by Gasteiger charge is 2.12. The number of rotatable bonds is 0. The fourth-order valence-corrected chi connectivity index (χ4v) is 2.67. The van der Waals surface area contributed by atoms with Crippen LogP contribution in [0.4, 0.5) is 0 Å². The fraction of sp³-hybridized carbons (Fsp3) is 0.400. The van der Waals surface area contributed by atoms with Gasteiger partial charge in [0.05, 0.1) is 5.39 Å². The largest absolute Gasteiger partial charge is 0.287 e. The van der Waals surface area contributed by atoms with Crippen LogP contribution in [0.1, 0.15) is 16.1 Å². The molecule has 0 spiro atoms. The predicted octanol–water partition coefficient (Wildman–Crippen LogP) is 1.92. The summed E-state index contributed by atoms with van der Waals surface area (Å²) in [5.41, 5.74) is 1.73. The third kappa shape index (κ3) is 1.10. The first kappa shape index (κ1) is 9.40. The van der Waals surface area contributed by atoms with E-state index in [9.17, 15) is 4.79 Å². The van der Waals surface area contributed by atoms with Crippen molar-refractivity contribution in [3.63, 3.8) is 0 Å². The Bertz CT molecular complexity index is 565. The van der Waals surface area contributed by atoms with Gasteiger partial charge in [-0.1, -0.05) is 0 Å². The summed E-state index contributed by atoms with van der Waals surface area (Å²) in [7, 11) is 1.88. The summed E-state index contributed by atoms with van der Waals surface area (Å²) in [6, 6.07) is 0. The van der Waals surface area contributed by atoms with Crippen molar-refractivity contribution < 1.29 is 0 Å². The Morgan fingerprint density at radius 2 is 1.93 bits per heavy atom. The number of nitrogens with zero attached hydrogens (tertiary/aromatic N) is 2. The Kier molecular flexibility index (Phi) is 1.96. The van der Waals surface area contributed by atoms with Gasteiger partial charge in [-0.25, -0.2) is 0 Å². The average molecular weight is 208 g/mol. The Balaban J connectivity index is 3.11. The molecular weight excluding hydrogens is 196 g/mol. The molecule has 0 aliphatic carbocycles. The first-order valence-electron chi connectivity index (χ1n) is 4.46. The van der Waals surface area contributed by atoms with Crippen molar-refractivity contribution in [1.29, 1.82) is 0 Å². The van der Waals surface area contributed by atoms with Gasteiger partial charge in [-0.05, 0) is 26.3 Å². The van der Waals surface area contributed by atoms with E-state index < -0.39 is 0 Å². The van der Waals surface area contributed by atoms with Crippen LogP contribution in [0, 0.1) is 20.8 Å². The molecule has 0 bridgehead atoms. The molecule has 0 unspecified atom stereocenters. The second kappa shape index (κ2) is 2.92. The molecule has 0 aliphatic heterocycles. The second-order valence-electron chi connectivity index (χ2n) is 3.50. The van der Waals surface area contributed by atoms with E-state index in [1.54, 1.807) is 22.9 Å². The molecule has 0 saturated heterocycles. The second-order valence-corrected chi connectivity index (χ2v) is 4.70. The molecule has 14 heavy (non-hydrogen) atoms. The van der Waals surface area contributed by atoms with E-state index in [2.05, 4.69) is 5.10 Å². The van der Waals surface area contributed by atoms with Gasteiger partial charge in [0.1, 0.15) is 10.5 Å². The summed E-state index contributed by atoms with van der Waals surface area (Å²) in [5.74, 6) is 0. The Morgan fingerprint density at radius 1 is 1.29 bits per heavy atom. The van der Waals surface area contributed by atoms with E-state index in [0.29, 0.717) is 5.69 Å². The number of hydrogen-bond acceptors (Lipinski definition) is 3. The summed E-state index contributed by atoms with van der Waals surface area (Å²) in [6.07, 6.45) is 0. The fourth-order valence-electron chi connectivity index (χ4n) is 1.60. The molecule has 4 heteroatoms. The van der Waals surface area contributed by atoms with E-state index in [1.807, 2.05) is 20.9 Å². The number of thiophene rings is 1. The van der Waals surface area contributed by atoms with Crippen molar-refractivity contribution in [3.8, 4) is 0 Å². The Labute approximate surface area is 86.0 Å². The molecule has 0 fully saturated rings. The molecule has 74 valence electrons. The minimum atomic E-state index is 0.0694. The van der Waals surface area contributed by atoms with Crippen molar-refractivity contribution >= 4 is 21.6 Å². The summed E-state index contributed by atoms with van der Waals surface area (Å²) in [6.45, 7) is 5.79. The molecule has 0 aliphatic rings. The maximum atomic E-state index is 11.8. The zero-order valence-corrected chi connectivity index (χ0v) is 9.53. The highest BCUT2D eigenvalue weighted by molar-refractivity contribution is 7.18. The van der Waals surface area contributed by atoms with E-state index in [4.69, 9.17) is 0 Å². The molecule has 0 saturated carbocycles. The Hall–Kier alpha value is -1.16. The number of aryl methyl sites for hydroxylation is 4. The third-order valence-electron chi connectivity index (χ3n) is 2.52. The first-order valence-corrected chi connectivity index (χ1v) is 5.27. The number of fused-ring (bicyclic) bond motifs is 1. The van der Waals surface area contributed by atoms with Crippen LogP contribution in [-0.4, -0.2) is 9.78 Å². The van der Waals surface area contributed by atoms with Gasteiger partial charge < -0.3 is 0 Å². The van der Waals surface area contributed by atoms with Crippen molar-refractivity contribution in [3.05, 3.63) is 26.4 Å². The molecule has 3 nitrogen and oxygen atoms in total. The molecule has 2 aromatic rings.